The Morgan fingerprint density at radius 2 is 2.26 bits per heavy atom. The Hall–Kier alpha value is -1.63. The second kappa shape index (κ2) is 5.56. The van der Waals surface area contributed by atoms with Crippen LogP contribution in [0.15, 0.2) is 0 Å². The molecule has 0 radical (unpaired) electrons. The van der Waals surface area contributed by atoms with E-state index in [2.05, 4.69) is 4.98 Å². The largest absolute Gasteiger partial charge is 0.406 e. The molecule has 7 nitrogen and oxygen atoms in total. The van der Waals surface area contributed by atoms with Crippen LogP contribution < -0.4 is 4.90 Å². The zero-order valence-electron chi connectivity index (χ0n) is 11.4. The van der Waals surface area contributed by atoms with Gasteiger partial charge in [-0.15, -0.1) is 0 Å². The lowest BCUT2D eigenvalue weighted by Crippen LogP contribution is -2.42. The third kappa shape index (κ3) is 2.56. The molecule has 0 atom stereocenters. The molecule has 1 heterocycles. The highest BCUT2D eigenvalue weighted by atomic mass is 16.6. The van der Waals surface area contributed by atoms with E-state index < -0.39 is 4.92 Å². The molecule has 1 saturated carbocycles. The van der Waals surface area contributed by atoms with Crippen LogP contribution in [-0.4, -0.2) is 38.8 Å². The molecule has 0 bridgehead atoms. The molecule has 0 aromatic carbocycles. The molecule has 1 aromatic rings. The van der Waals surface area contributed by atoms with Crippen LogP contribution in [0.3, 0.4) is 0 Å². The van der Waals surface area contributed by atoms with Crippen molar-refractivity contribution in [1.82, 2.24) is 9.55 Å². The lowest BCUT2D eigenvalue weighted by atomic mass is 9.91. The molecule has 1 fully saturated rings. The van der Waals surface area contributed by atoms with Crippen molar-refractivity contribution >= 4 is 11.6 Å². The predicted octanol–water partition coefficient (Wildman–Crippen LogP) is 1.38. The first-order valence-corrected chi connectivity index (χ1v) is 6.61. The Bertz CT molecular complexity index is 468. The van der Waals surface area contributed by atoms with Crippen molar-refractivity contribution in [3.8, 4) is 0 Å². The lowest BCUT2D eigenvalue weighted by molar-refractivity contribution is -0.388. The first-order chi connectivity index (χ1) is 9.06. The maximum absolute atomic E-state index is 11.1. The van der Waals surface area contributed by atoms with Crippen molar-refractivity contribution in [3.63, 3.8) is 0 Å². The minimum atomic E-state index is -0.424. The summed E-state index contributed by atoms with van der Waals surface area (Å²) < 4.78 is 1.77. The van der Waals surface area contributed by atoms with Crippen LogP contribution in [-0.2, 0) is 7.05 Å². The summed E-state index contributed by atoms with van der Waals surface area (Å²) >= 11 is 0. The van der Waals surface area contributed by atoms with E-state index in [1.165, 1.54) is 0 Å². The van der Waals surface area contributed by atoms with Crippen LogP contribution in [0.4, 0.5) is 11.6 Å². The van der Waals surface area contributed by atoms with E-state index in [4.69, 9.17) is 5.11 Å². The molecule has 2 rings (SSSR count). The van der Waals surface area contributed by atoms with Gasteiger partial charge in [-0.3, -0.25) is 4.57 Å². The van der Waals surface area contributed by atoms with Crippen molar-refractivity contribution in [2.75, 3.05) is 18.1 Å². The molecule has 1 aromatic heterocycles. The van der Waals surface area contributed by atoms with E-state index in [0.717, 1.165) is 19.3 Å². The van der Waals surface area contributed by atoms with E-state index in [-0.39, 0.29) is 12.4 Å². The summed E-state index contributed by atoms with van der Waals surface area (Å²) in [5, 5.41) is 20.2. The number of aryl methyl sites for hydroxylation is 1. The van der Waals surface area contributed by atoms with Crippen molar-refractivity contribution in [1.29, 1.82) is 0 Å². The quantitative estimate of drug-likeness (QED) is 0.622. The van der Waals surface area contributed by atoms with Gasteiger partial charge in [0.25, 0.3) is 0 Å². The van der Waals surface area contributed by atoms with Gasteiger partial charge in [0.05, 0.1) is 0 Å². The highest BCUT2D eigenvalue weighted by Crippen LogP contribution is 2.35. The van der Waals surface area contributed by atoms with Gasteiger partial charge in [-0.05, 0) is 35.6 Å². The Balaban J connectivity index is 2.36. The smallest absolute Gasteiger partial charge is 0.396 e. The highest BCUT2D eigenvalue weighted by molar-refractivity contribution is 5.57. The second-order valence-electron chi connectivity index (χ2n) is 4.98. The Labute approximate surface area is 112 Å². The molecule has 7 heteroatoms. The Morgan fingerprint density at radius 1 is 1.58 bits per heavy atom. The van der Waals surface area contributed by atoms with Gasteiger partial charge >= 0.3 is 5.82 Å². The van der Waals surface area contributed by atoms with Gasteiger partial charge in [0, 0.05) is 33.2 Å². The van der Waals surface area contributed by atoms with Crippen LogP contribution in [0, 0.1) is 17.0 Å². The van der Waals surface area contributed by atoms with E-state index >= 15 is 0 Å². The Kier molecular flexibility index (Phi) is 4.04. The third-order valence-corrected chi connectivity index (χ3v) is 3.79. The molecular formula is C12H20N4O3. The van der Waals surface area contributed by atoms with Crippen LogP contribution in [0.5, 0.6) is 0 Å². The molecule has 106 valence electrons. The fourth-order valence-electron chi connectivity index (χ4n) is 2.43. The highest BCUT2D eigenvalue weighted by Gasteiger charge is 2.34. The number of hydrogen-bond donors (Lipinski definition) is 1. The number of imidazole rings is 1. The monoisotopic (exact) mass is 268 g/mol. The summed E-state index contributed by atoms with van der Waals surface area (Å²) in [5.41, 5.74) is 0. The molecule has 0 unspecified atom stereocenters. The molecule has 0 spiro atoms. The second-order valence-corrected chi connectivity index (χ2v) is 4.98. The zero-order valence-corrected chi connectivity index (χ0v) is 11.4. The molecule has 0 amide bonds. The van der Waals surface area contributed by atoms with Gasteiger partial charge in [-0.1, -0.05) is 0 Å². The van der Waals surface area contributed by atoms with E-state index in [9.17, 15) is 10.1 Å². The van der Waals surface area contributed by atoms with E-state index in [0.29, 0.717) is 30.6 Å². The molecule has 1 aliphatic carbocycles. The molecule has 0 saturated heterocycles. The van der Waals surface area contributed by atoms with Crippen LogP contribution in [0.2, 0.25) is 0 Å². The summed E-state index contributed by atoms with van der Waals surface area (Å²) in [6.07, 6.45) is 3.86. The average molecular weight is 268 g/mol. The number of aromatic nitrogens is 2. The molecular weight excluding hydrogens is 248 g/mol. The van der Waals surface area contributed by atoms with Gasteiger partial charge in [0.15, 0.2) is 0 Å². The van der Waals surface area contributed by atoms with Gasteiger partial charge < -0.3 is 20.1 Å². The normalized spacial score (nSPS) is 15.3. The SMILES string of the molecule is Cc1nc([N+](=O)[O-])c(N(CCCO)C2CCC2)n1C. The van der Waals surface area contributed by atoms with Crippen LogP contribution in [0.25, 0.3) is 0 Å². The number of nitro groups is 1. The first kappa shape index (κ1) is 13.8. The third-order valence-electron chi connectivity index (χ3n) is 3.79. The van der Waals surface area contributed by atoms with Crippen molar-refractivity contribution < 1.29 is 10.0 Å². The minimum absolute atomic E-state index is 0.0789. The number of nitrogens with zero attached hydrogens (tertiary/aromatic N) is 4. The zero-order chi connectivity index (χ0) is 14.0. The molecule has 19 heavy (non-hydrogen) atoms. The molecule has 0 aliphatic heterocycles. The average Bonchev–Trinajstić information content (AvgIpc) is 2.59. The standard InChI is InChI=1S/C12H20N4O3/c1-9-13-11(16(18)19)12(14(9)2)15(7-4-8-17)10-5-3-6-10/h10,17H,3-8H2,1-2H3. The lowest BCUT2D eigenvalue weighted by Gasteiger charge is -2.38. The van der Waals surface area contributed by atoms with Crippen molar-refractivity contribution in [2.24, 2.45) is 7.05 Å². The van der Waals surface area contributed by atoms with Gasteiger partial charge in [-0.25, -0.2) is 0 Å². The van der Waals surface area contributed by atoms with Gasteiger partial charge in [-0.2, -0.15) is 0 Å². The maximum atomic E-state index is 11.1. The number of hydrogen-bond acceptors (Lipinski definition) is 5. The van der Waals surface area contributed by atoms with E-state index in [1.807, 2.05) is 4.90 Å². The summed E-state index contributed by atoms with van der Waals surface area (Å²) in [6, 6.07) is 0.333. The fraction of sp³-hybridized carbons (Fsp3) is 0.750. The summed E-state index contributed by atoms with van der Waals surface area (Å²) in [6.45, 7) is 2.48. The van der Waals surface area contributed by atoms with E-state index in [1.54, 1.807) is 18.5 Å². The minimum Gasteiger partial charge on any atom is -0.396 e. The van der Waals surface area contributed by atoms with Crippen LogP contribution in [0.1, 0.15) is 31.5 Å². The summed E-state index contributed by atoms with van der Waals surface area (Å²) in [7, 11) is 1.80. The van der Waals surface area contributed by atoms with Crippen LogP contribution >= 0.6 is 0 Å². The predicted molar refractivity (Wildman–Crippen MR) is 71.3 cm³/mol. The number of rotatable bonds is 6. The number of aliphatic hydroxyl groups excluding tert-OH is 1. The molecule has 1 N–H and O–H groups in total. The maximum Gasteiger partial charge on any atom is 0.406 e. The van der Waals surface area contributed by atoms with Crippen molar-refractivity contribution in [2.45, 2.75) is 38.6 Å². The number of aliphatic hydroxyl groups is 1. The van der Waals surface area contributed by atoms with Crippen molar-refractivity contribution in [3.05, 3.63) is 15.9 Å². The first-order valence-electron chi connectivity index (χ1n) is 6.61. The Morgan fingerprint density at radius 3 is 2.74 bits per heavy atom. The summed E-state index contributed by atoms with van der Waals surface area (Å²) in [5.74, 6) is 1.13. The molecule has 1 aliphatic rings. The fourth-order valence-corrected chi connectivity index (χ4v) is 2.43. The van der Waals surface area contributed by atoms with Gasteiger partial charge in [0.1, 0.15) is 0 Å². The topological polar surface area (TPSA) is 84.4 Å². The van der Waals surface area contributed by atoms with Gasteiger partial charge in [0.2, 0.25) is 11.6 Å². The summed E-state index contributed by atoms with van der Waals surface area (Å²) in [4.78, 5) is 16.8. The number of anilines is 1.